The lowest BCUT2D eigenvalue weighted by molar-refractivity contribution is -0.117. The molecule has 0 saturated heterocycles. The first-order valence-electron chi connectivity index (χ1n) is 9.42. The van der Waals surface area contributed by atoms with Crippen molar-refractivity contribution in [3.63, 3.8) is 0 Å². The second-order valence-corrected chi connectivity index (χ2v) is 6.47. The van der Waals surface area contributed by atoms with Gasteiger partial charge < -0.3 is 20.3 Å². The summed E-state index contributed by atoms with van der Waals surface area (Å²) in [5, 5.41) is 20.7. The predicted octanol–water partition coefficient (Wildman–Crippen LogP) is 3.68. The molecule has 0 saturated carbocycles. The van der Waals surface area contributed by atoms with E-state index in [2.05, 4.69) is 24.1 Å². The van der Waals surface area contributed by atoms with Gasteiger partial charge in [-0.25, -0.2) is 4.79 Å². The maximum Gasteiger partial charge on any atom is 0.335 e. The summed E-state index contributed by atoms with van der Waals surface area (Å²) in [6.45, 7) is 10.4. The quantitative estimate of drug-likeness (QED) is 0.653. The van der Waals surface area contributed by atoms with Crippen LogP contribution in [0.4, 0.5) is 5.69 Å². The smallest absolute Gasteiger partial charge is 0.335 e. The average molecular weight is 402 g/mol. The van der Waals surface area contributed by atoms with Gasteiger partial charge in [-0.3, -0.25) is 9.69 Å². The fourth-order valence-electron chi connectivity index (χ4n) is 2.65. The molecule has 7 nitrogen and oxygen atoms in total. The normalized spacial score (nSPS) is 10.1. The predicted molar refractivity (Wildman–Crippen MR) is 114 cm³/mol. The Kier molecular flexibility index (Phi) is 9.68. The minimum Gasteiger partial charge on any atom is -0.504 e. The van der Waals surface area contributed by atoms with Crippen LogP contribution in [0.3, 0.4) is 0 Å². The molecule has 1 amide bonds. The highest BCUT2D eigenvalue weighted by molar-refractivity contribution is 5.93. The fourth-order valence-corrected chi connectivity index (χ4v) is 2.65. The van der Waals surface area contributed by atoms with Crippen molar-refractivity contribution in [2.45, 2.75) is 27.7 Å². The number of aryl methyl sites for hydroxylation is 2. The Morgan fingerprint density at radius 3 is 2.14 bits per heavy atom. The van der Waals surface area contributed by atoms with Crippen LogP contribution in [0, 0.1) is 13.8 Å². The summed E-state index contributed by atoms with van der Waals surface area (Å²) >= 11 is 0. The second-order valence-electron chi connectivity index (χ2n) is 6.47. The van der Waals surface area contributed by atoms with Gasteiger partial charge in [0.05, 0.1) is 19.2 Å². The van der Waals surface area contributed by atoms with E-state index in [4.69, 9.17) is 14.9 Å². The summed E-state index contributed by atoms with van der Waals surface area (Å²) in [6.07, 6.45) is 0. The summed E-state index contributed by atoms with van der Waals surface area (Å²) in [5.41, 5.74) is 3.25. The van der Waals surface area contributed by atoms with Crippen molar-refractivity contribution in [3.05, 3.63) is 53.1 Å². The van der Waals surface area contributed by atoms with E-state index in [0.29, 0.717) is 6.54 Å². The van der Waals surface area contributed by atoms with Gasteiger partial charge in [-0.2, -0.15) is 0 Å². The van der Waals surface area contributed by atoms with Crippen LogP contribution in [-0.4, -0.2) is 53.7 Å². The molecule has 0 aliphatic heterocycles. The first-order valence-corrected chi connectivity index (χ1v) is 9.42. The van der Waals surface area contributed by atoms with Crippen molar-refractivity contribution in [2.24, 2.45) is 0 Å². The molecule has 0 aromatic heterocycles. The number of hydrogen-bond acceptors (Lipinski definition) is 5. The zero-order valence-electron chi connectivity index (χ0n) is 17.7. The van der Waals surface area contributed by atoms with Gasteiger partial charge in [0, 0.05) is 5.69 Å². The molecule has 29 heavy (non-hydrogen) atoms. The average Bonchev–Trinajstić information content (AvgIpc) is 2.69. The molecule has 0 aliphatic carbocycles. The zero-order chi connectivity index (χ0) is 22.0. The Bertz CT molecular complexity index is 812. The number of amides is 1. The van der Waals surface area contributed by atoms with Crippen LogP contribution in [-0.2, 0) is 4.79 Å². The van der Waals surface area contributed by atoms with Gasteiger partial charge >= 0.3 is 5.97 Å². The third kappa shape index (κ3) is 7.46. The largest absolute Gasteiger partial charge is 0.504 e. The lowest BCUT2D eigenvalue weighted by atomic mass is 10.1. The van der Waals surface area contributed by atoms with E-state index in [1.165, 1.54) is 25.3 Å². The number of nitrogens with one attached hydrogen (secondary N) is 1. The van der Waals surface area contributed by atoms with Crippen molar-refractivity contribution < 1.29 is 24.5 Å². The monoisotopic (exact) mass is 402 g/mol. The number of benzene rings is 2. The molecule has 2 aromatic carbocycles. The Morgan fingerprint density at radius 2 is 1.66 bits per heavy atom. The summed E-state index contributed by atoms with van der Waals surface area (Å²) in [7, 11) is 1.36. The first kappa shape index (κ1) is 24.0. The van der Waals surface area contributed by atoms with Crippen LogP contribution < -0.4 is 10.1 Å². The minimum atomic E-state index is -1.05. The van der Waals surface area contributed by atoms with E-state index >= 15 is 0 Å². The number of methoxy groups -OCH3 is 1. The van der Waals surface area contributed by atoms with Crippen LogP contribution in [0.1, 0.15) is 35.3 Å². The number of carboxylic acid groups (broad SMARTS) is 1. The number of likely N-dealkylation sites (N-methyl/N-ethyl adjacent to an activating group) is 1. The van der Waals surface area contributed by atoms with Gasteiger partial charge in [-0.15, -0.1) is 0 Å². The Hall–Kier alpha value is -3.06. The van der Waals surface area contributed by atoms with Gasteiger partial charge in [-0.05, 0) is 56.3 Å². The van der Waals surface area contributed by atoms with E-state index in [-0.39, 0.29) is 23.0 Å². The molecular formula is C22H30N2O5. The molecule has 0 atom stereocenters. The van der Waals surface area contributed by atoms with Gasteiger partial charge in [0.25, 0.3) is 0 Å². The van der Waals surface area contributed by atoms with Gasteiger partial charge in [0.2, 0.25) is 5.91 Å². The van der Waals surface area contributed by atoms with Crippen LogP contribution in [0.5, 0.6) is 11.5 Å². The Balaban J connectivity index is 0.000000308. The van der Waals surface area contributed by atoms with Crippen LogP contribution >= 0.6 is 0 Å². The molecule has 0 bridgehead atoms. The van der Waals surface area contributed by atoms with Gasteiger partial charge in [0.15, 0.2) is 11.5 Å². The minimum absolute atomic E-state index is 0.0612. The molecular weight excluding hydrogens is 372 g/mol. The number of phenols is 1. The van der Waals surface area contributed by atoms with E-state index in [1.54, 1.807) is 0 Å². The topological polar surface area (TPSA) is 99.1 Å². The Labute approximate surface area is 171 Å². The van der Waals surface area contributed by atoms with E-state index in [0.717, 1.165) is 29.9 Å². The molecule has 0 aliphatic rings. The molecule has 158 valence electrons. The maximum atomic E-state index is 11.9. The van der Waals surface area contributed by atoms with Gasteiger partial charge in [-0.1, -0.05) is 32.0 Å². The number of aromatic hydroxyl groups is 1. The molecule has 3 N–H and O–H groups in total. The molecule has 0 fully saturated rings. The maximum absolute atomic E-state index is 11.9. The number of anilines is 1. The van der Waals surface area contributed by atoms with Gasteiger partial charge in [0.1, 0.15) is 0 Å². The molecule has 0 unspecified atom stereocenters. The third-order valence-corrected chi connectivity index (χ3v) is 4.43. The summed E-state index contributed by atoms with van der Waals surface area (Å²) < 4.78 is 4.72. The Morgan fingerprint density at radius 1 is 1.07 bits per heavy atom. The van der Waals surface area contributed by atoms with E-state index < -0.39 is 5.97 Å². The number of carboxylic acids is 1. The first-order chi connectivity index (χ1) is 13.7. The SMILES string of the molecule is CCN(CC)CC(=O)Nc1c(C)cccc1C.COc1cc(C(=O)O)ccc1O. The number of nitrogens with zero attached hydrogens (tertiary/aromatic N) is 1. The summed E-state index contributed by atoms with van der Waals surface area (Å²) in [5.74, 6) is -0.892. The number of carbonyl (C=O) groups is 2. The van der Waals surface area contributed by atoms with Crippen molar-refractivity contribution in [3.8, 4) is 11.5 Å². The van der Waals surface area contributed by atoms with E-state index in [1.807, 2.05) is 32.0 Å². The third-order valence-electron chi connectivity index (χ3n) is 4.43. The highest BCUT2D eigenvalue weighted by Crippen LogP contribution is 2.26. The van der Waals surface area contributed by atoms with Crippen LogP contribution in [0.2, 0.25) is 0 Å². The molecule has 7 heteroatoms. The summed E-state index contributed by atoms with van der Waals surface area (Å²) in [4.78, 5) is 24.4. The second kappa shape index (κ2) is 11.7. The number of para-hydroxylation sites is 1. The van der Waals surface area contributed by atoms with E-state index in [9.17, 15) is 9.59 Å². The van der Waals surface area contributed by atoms with Crippen molar-refractivity contribution >= 4 is 17.6 Å². The number of rotatable bonds is 7. The number of aromatic carboxylic acids is 1. The van der Waals surface area contributed by atoms with Crippen molar-refractivity contribution in [1.82, 2.24) is 4.90 Å². The number of phenolic OH excluding ortho intramolecular Hbond substituents is 1. The molecule has 0 heterocycles. The number of ether oxygens (including phenoxy) is 1. The lowest BCUT2D eigenvalue weighted by Crippen LogP contribution is -2.33. The van der Waals surface area contributed by atoms with Crippen LogP contribution in [0.15, 0.2) is 36.4 Å². The zero-order valence-corrected chi connectivity index (χ0v) is 17.7. The highest BCUT2D eigenvalue weighted by atomic mass is 16.5. The highest BCUT2D eigenvalue weighted by Gasteiger charge is 2.10. The number of hydrogen-bond donors (Lipinski definition) is 3. The standard InChI is InChI=1S/C14H22N2O.C8H8O4/c1-5-16(6-2)10-13(17)15-14-11(3)8-7-9-12(14)4;1-12-7-4-5(8(10)11)2-3-6(7)9/h7-9H,5-6,10H2,1-4H3,(H,15,17);2-4,9H,1H3,(H,10,11). The van der Waals surface area contributed by atoms with Crippen molar-refractivity contribution in [2.75, 3.05) is 32.1 Å². The van der Waals surface area contributed by atoms with Crippen molar-refractivity contribution in [1.29, 1.82) is 0 Å². The molecule has 2 rings (SSSR count). The molecule has 2 aromatic rings. The number of carbonyl (C=O) groups excluding carboxylic acids is 1. The molecule has 0 spiro atoms. The fraction of sp³-hybridized carbons (Fsp3) is 0.364. The summed E-state index contributed by atoms with van der Waals surface area (Å²) in [6, 6.07) is 9.88. The molecule has 0 radical (unpaired) electrons. The lowest BCUT2D eigenvalue weighted by Gasteiger charge is -2.18. The van der Waals surface area contributed by atoms with Crippen LogP contribution in [0.25, 0.3) is 0 Å².